The molecule has 0 spiro atoms. The molecule has 28 heavy (non-hydrogen) atoms. The summed E-state index contributed by atoms with van der Waals surface area (Å²) in [5, 5.41) is 2.72. The van der Waals surface area contributed by atoms with Crippen molar-refractivity contribution in [1.29, 1.82) is 0 Å². The van der Waals surface area contributed by atoms with Gasteiger partial charge >= 0.3 is 0 Å². The van der Waals surface area contributed by atoms with E-state index in [0.29, 0.717) is 32.6 Å². The Morgan fingerprint density at radius 1 is 1.11 bits per heavy atom. The van der Waals surface area contributed by atoms with Crippen molar-refractivity contribution in [2.24, 2.45) is 0 Å². The van der Waals surface area contributed by atoms with E-state index in [1.807, 2.05) is 47.4 Å². The topological polar surface area (TPSA) is 58.6 Å². The number of morpholine rings is 1. The van der Waals surface area contributed by atoms with Crippen molar-refractivity contribution in [2.45, 2.75) is 25.3 Å². The molecule has 0 bridgehead atoms. The Labute approximate surface area is 166 Å². The highest BCUT2D eigenvalue weighted by Gasteiger charge is 2.27. The number of carbonyl (C=O) groups excluding carboxylic acids is 2. The summed E-state index contributed by atoms with van der Waals surface area (Å²) >= 11 is 0. The third kappa shape index (κ3) is 5.54. The molecule has 1 N–H and O–H groups in total. The smallest absolute Gasteiger partial charge is 0.247 e. The van der Waals surface area contributed by atoms with Gasteiger partial charge in [0.1, 0.15) is 0 Å². The molecule has 5 heteroatoms. The molecule has 0 unspecified atom stereocenters. The number of amides is 2. The van der Waals surface area contributed by atoms with Crippen LogP contribution in [0.15, 0.2) is 67.3 Å². The lowest BCUT2D eigenvalue weighted by Gasteiger charge is -2.36. The molecule has 1 heterocycles. The Morgan fingerprint density at radius 2 is 1.86 bits per heavy atom. The van der Waals surface area contributed by atoms with Crippen molar-refractivity contribution >= 4 is 17.5 Å². The molecule has 1 fully saturated rings. The molecule has 146 valence electrons. The summed E-state index contributed by atoms with van der Waals surface area (Å²) in [6.07, 6.45) is 3.18. The first-order valence-corrected chi connectivity index (χ1v) is 9.59. The van der Waals surface area contributed by atoms with Gasteiger partial charge in [0.25, 0.3) is 0 Å². The van der Waals surface area contributed by atoms with Crippen LogP contribution in [0.2, 0.25) is 0 Å². The fraction of sp³-hybridized carbons (Fsp3) is 0.304. The van der Waals surface area contributed by atoms with Crippen LogP contribution in [0.25, 0.3) is 0 Å². The molecule has 1 saturated heterocycles. The highest BCUT2D eigenvalue weighted by molar-refractivity contribution is 5.98. The molecule has 2 aromatic rings. The van der Waals surface area contributed by atoms with Crippen LogP contribution in [-0.2, 0) is 27.2 Å². The number of anilines is 1. The number of nitrogens with zero attached hydrogens (tertiary/aromatic N) is 1. The van der Waals surface area contributed by atoms with Gasteiger partial charge in [-0.3, -0.25) is 9.59 Å². The molecule has 2 amide bonds. The van der Waals surface area contributed by atoms with Crippen LogP contribution >= 0.6 is 0 Å². The Kier molecular flexibility index (Phi) is 6.98. The average molecular weight is 378 g/mol. The Bertz CT molecular complexity index is 802. The van der Waals surface area contributed by atoms with E-state index in [-0.39, 0.29) is 17.9 Å². The maximum Gasteiger partial charge on any atom is 0.247 e. The van der Waals surface area contributed by atoms with Gasteiger partial charge in [-0.25, -0.2) is 0 Å². The highest BCUT2D eigenvalue weighted by Crippen LogP contribution is 2.16. The van der Waals surface area contributed by atoms with Crippen LogP contribution in [0.5, 0.6) is 0 Å². The molecular weight excluding hydrogens is 352 g/mol. The Hall–Kier alpha value is -2.92. The van der Waals surface area contributed by atoms with Crippen LogP contribution < -0.4 is 5.32 Å². The quantitative estimate of drug-likeness (QED) is 0.753. The Balaban J connectivity index is 1.55. The monoisotopic (exact) mass is 378 g/mol. The first-order chi connectivity index (χ1) is 13.7. The highest BCUT2D eigenvalue weighted by atomic mass is 16.5. The van der Waals surface area contributed by atoms with Gasteiger partial charge in [-0.05, 0) is 42.2 Å². The number of hydrogen-bond acceptors (Lipinski definition) is 3. The first-order valence-electron chi connectivity index (χ1n) is 9.59. The number of ether oxygens (including phenoxy) is 1. The summed E-state index contributed by atoms with van der Waals surface area (Å²) in [6.45, 7) is 5.25. The minimum Gasteiger partial charge on any atom is -0.377 e. The largest absolute Gasteiger partial charge is 0.377 e. The van der Waals surface area contributed by atoms with Gasteiger partial charge in [-0.15, -0.1) is 0 Å². The summed E-state index contributed by atoms with van der Waals surface area (Å²) in [7, 11) is 0. The molecule has 0 radical (unpaired) electrons. The molecule has 3 rings (SSSR count). The second kappa shape index (κ2) is 9.85. The van der Waals surface area contributed by atoms with Gasteiger partial charge in [-0.2, -0.15) is 0 Å². The third-order valence-corrected chi connectivity index (χ3v) is 4.90. The van der Waals surface area contributed by atoms with Crippen molar-refractivity contribution < 1.29 is 14.3 Å². The fourth-order valence-electron chi connectivity index (χ4n) is 3.38. The van der Waals surface area contributed by atoms with Crippen LogP contribution in [0.4, 0.5) is 5.69 Å². The van der Waals surface area contributed by atoms with Gasteiger partial charge in [0, 0.05) is 18.7 Å². The van der Waals surface area contributed by atoms with E-state index in [4.69, 9.17) is 4.74 Å². The van der Waals surface area contributed by atoms with E-state index in [9.17, 15) is 9.59 Å². The van der Waals surface area contributed by atoms with E-state index < -0.39 is 0 Å². The third-order valence-electron chi connectivity index (χ3n) is 4.90. The summed E-state index contributed by atoms with van der Waals surface area (Å²) in [4.78, 5) is 26.1. The maximum absolute atomic E-state index is 12.8. The van der Waals surface area contributed by atoms with Gasteiger partial charge in [0.15, 0.2) is 0 Å². The van der Waals surface area contributed by atoms with Crippen molar-refractivity contribution in [2.75, 3.05) is 25.1 Å². The predicted molar refractivity (Wildman–Crippen MR) is 110 cm³/mol. The second-order valence-corrected chi connectivity index (χ2v) is 6.90. The second-order valence-electron chi connectivity index (χ2n) is 6.90. The first kappa shape index (κ1) is 19.8. The van der Waals surface area contributed by atoms with Crippen molar-refractivity contribution in [3.8, 4) is 0 Å². The van der Waals surface area contributed by atoms with Crippen molar-refractivity contribution in [1.82, 2.24) is 4.90 Å². The maximum atomic E-state index is 12.8. The number of rotatable bonds is 7. The minimum absolute atomic E-state index is 0.0835. The molecule has 2 aromatic carbocycles. The van der Waals surface area contributed by atoms with Crippen LogP contribution in [0.3, 0.4) is 0 Å². The molecule has 0 aliphatic carbocycles. The summed E-state index contributed by atoms with van der Waals surface area (Å²) in [5.41, 5.74) is 3.00. The van der Waals surface area contributed by atoms with E-state index in [1.165, 1.54) is 11.6 Å². The SMILES string of the molecule is C=CC(=O)Nc1ccc(CCC(=O)N2CCOC[C@@H]2Cc2ccccc2)cc1. The van der Waals surface area contributed by atoms with Gasteiger partial charge in [-0.1, -0.05) is 49.0 Å². The lowest BCUT2D eigenvalue weighted by Crippen LogP contribution is -2.49. The zero-order valence-corrected chi connectivity index (χ0v) is 16.0. The Morgan fingerprint density at radius 3 is 2.57 bits per heavy atom. The van der Waals surface area contributed by atoms with E-state index in [1.54, 1.807) is 0 Å². The van der Waals surface area contributed by atoms with Crippen molar-refractivity contribution in [3.05, 3.63) is 78.4 Å². The molecule has 0 saturated carbocycles. The lowest BCUT2D eigenvalue weighted by molar-refractivity contribution is -0.139. The number of aryl methyl sites for hydroxylation is 1. The van der Waals surface area contributed by atoms with Gasteiger partial charge < -0.3 is 15.0 Å². The van der Waals surface area contributed by atoms with Crippen LogP contribution in [-0.4, -0.2) is 42.5 Å². The number of hydrogen-bond donors (Lipinski definition) is 1. The van der Waals surface area contributed by atoms with Crippen LogP contribution in [0.1, 0.15) is 17.5 Å². The summed E-state index contributed by atoms with van der Waals surface area (Å²) < 4.78 is 5.62. The standard InChI is InChI=1S/C23H26N2O3/c1-2-22(26)24-20-11-8-18(9-12-20)10-13-23(27)25-14-15-28-17-21(25)16-19-6-4-3-5-7-19/h2-9,11-12,21H,1,10,13-17H2,(H,24,26)/t21-/m0/s1. The summed E-state index contributed by atoms with van der Waals surface area (Å²) in [5.74, 6) is -0.0760. The number of carbonyl (C=O) groups is 2. The van der Waals surface area contributed by atoms with Gasteiger partial charge in [0.2, 0.25) is 11.8 Å². The number of nitrogens with one attached hydrogen (secondary N) is 1. The lowest BCUT2D eigenvalue weighted by atomic mass is 10.0. The van der Waals surface area contributed by atoms with E-state index >= 15 is 0 Å². The van der Waals surface area contributed by atoms with Crippen molar-refractivity contribution in [3.63, 3.8) is 0 Å². The molecule has 1 aliphatic rings. The van der Waals surface area contributed by atoms with Crippen LogP contribution in [0, 0.1) is 0 Å². The summed E-state index contributed by atoms with van der Waals surface area (Å²) in [6, 6.07) is 17.9. The molecule has 0 aromatic heterocycles. The molecule has 5 nitrogen and oxygen atoms in total. The fourth-order valence-corrected chi connectivity index (χ4v) is 3.38. The zero-order valence-electron chi connectivity index (χ0n) is 16.0. The minimum atomic E-state index is -0.236. The molecule has 1 aliphatic heterocycles. The molecular formula is C23H26N2O3. The van der Waals surface area contributed by atoms with Gasteiger partial charge in [0.05, 0.1) is 19.3 Å². The van der Waals surface area contributed by atoms with E-state index in [0.717, 1.165) is 17.7 Å². The zero-order chi connectivity index (χ0) is 19.8. The van der Waals surface area contributed by atoms with E-state index in [2.05, 4.69) is 24.0 Å². The normalized spacial score (nSPS) is 16.4. The number of benzene rings is 2. The predicted octanol–water partition coefficient (Wildman–Crippen LogP) is 3.21. The molecule has 1 atom stereocenters. The average Bonchev–Trinajstić information content (AvgIpc) is 2.74.